The molecule has 4 rings (SSSR count). The van der Waals surface area contributed by atoms with Crippen LogP contribution in [0, 0.1) is 0 Å². The Morgan fingerprint density at radius 1 is 1.15 bits per heavy atom. The van der Waals surface area contributed by atoms with Crippen LogP contribution in [0.15, 0.2) is 18.2 Å². The van der Waals surface area contributed by atoms with Crippen LogP contribution in [0.5, 0.6) is 0 Å². The molecule has 0 unspecified atom stereocenters. The summed E-state index contributed by atoms with van der Waals surface area (Å²) in [6.07, 6.45) is 1.02. The van der Waals surface area contributed by atoms with Gasteiger partial charge < -0.3 is 19.0 Å². The van der Waals surface area contributed by atoms with Crippen LogP contribution in [0.1, 0.15) is 39.0 Å². The van der Waals surface area contributed by atoms with Crippen molar-refractivity contribution in [3.63, 3.8) is 0 Å². The number of aliphatic hydroxyl groups excluding tert-OH is 1. The minimum Gasteiger partial charge on any atom is -0.399 e. The number of benzene rings is 1. The molecule has 1 N–H and O–H groups in total. The molecule has 0 radical (unpaired) electrons. The summed E-state index contributed by atoms with van der Waals surface area (Å²) in [4.78, 5) is 2.32. The second kappa shape index (κ2) is 6.09. The molecule has 0 aliphatic carbocycles. The average Bonchev–Trinajstić information content (AvgIpc) is 2.98. The summed E-state index contributed by atoms with van der Waals surface area (Å²) < 4.78 is 14.8. The lowest BCUT2D eigenvalue weighted by atomic mass is 9.78. The largest absolute Gasteiger partial charge is 0.494 e. The van der Waals surface area contributed by atoms with Crippen molar-refractivity contribution in [2.75, 3.05) is 19.7 Å². The Labute approximate surface area is 156 Å². The molecular formula is C20H29BN2O3. The summed E-state index contributed by atoms with van der Waals surface area (Å²) in [5, 5.41) is 10.5. The van der Waals surface area contributed by atoms with E-state index < -0.39 is 0 Å². The predicted octanol–water partition coefficient (Wildman–Crippen LogP) is 1.83. The van der Waals surface area contributed by atoms with Crippen molar-refractivity contribution in [2.24, 2.45) is 7.05 Å². The molecule has 0 atom stereocenters. The maximum absolute atomic E-state index is 9.25. The molecule has 5 nitrogen and oxygen atoms in total. The fourth-order valence-electron chi connectivity index (χ4n) is 4.10. The molecule has 3 heterocycles. The lowest BCUT2D eigenvalue weighted by molar-refractivity contribution is 0.00578. The number of hydrogen-bond acceptors (Lipinski definition) is 4. The molecule has 2 aliphatic heterocycles. The van der Waals surface area contributed by atoms with E-state index in [1.165, 1.54) is 22.2 Å². The van der Waals surface area contributed by atoms with Crippen LogP contribution in [0.2, 0.25) is 0 Å². The van der Waals surface area contributed by atoms with Crippen LogP contribution in [0.4, 0.5) is 0 Å². The van der Waals surface area contributed by atoms with Gasteiger partial charge in [0.25, 0.3) is 0 Å². The Balaban J connectivity index is 1.71. The fourth-order valence-corrected chi connectivity index (χ4v) is 4.10. The molecular weight excluding hydrogens is 327 g/mol. The quantitative estimate of drug-likeness (QED) is 0.853. The third-order valence-electron chi connectivity index (χ3n) is 6.45. The first-order chi connectivity index (χ1) is 12.2. The monoisotopic (exact) mass is 356 g/mol. The molecule has 1 saturated heterocycles. The number of aliphatic hydroxyl groups is 1. The summed E-state index contributed by atoms with van der Waals surface area (Å²) in [7, 11) is 1.82. The minimum absolute atomic E-state index is 0.214. The molecule has 1 aromatic heterocycles. The van der Waals surface area contributed by atoms with E-state index in [9.17, 15) is 5.11 Å². The predicted molar refractivity (Wildman–Crippen MR) is 105 cm³/mol. The van der Waals surface area contributed by atoms with Crippen LogP contribution in [-0.4, -0.2) is 52.6 Å². The van der Waals surface area contributed by atoms with Gasteiger partial charge in [-0.15, -0.1) is 0 Å². The Morgan fingerprint density at radius 3 is 2.50 bits per heavy atom. The maximum Gasteiger partial charge on any atom is 0.494 e. The molecule has 0 bridgehead atoms. The van der Waals surface area contributed by atoms with E-state index in [1.807, 2.05) is 0 Å². The number of aryl methyl sites for hydroxylation is 1. The van der Waals surface area contributed by atoms with Crippen molar-refractivity contribution in [3.8, 4) is 0 Å². The van der Waals surface area contributed by atoms with Gasteiger partial charge in [0, 0.05) is 49.7 Å². The van der Waals surface area contributed by atoms with Gasteiger partial charge in [0.1, 0.15) is 0 Å². The van der Waals surface area contributed by atoms with Gasteiger partial charge >= 0.3 is 7.12 Å². The van der Waals surface area contributed by atoms with Gasteiger partial charge in [0.05, 0.1) is 17.8 Å². The topological polar surface area (TPSA) is 46.9 Å². The van der Waals surface area contributed by atoms with Gasteiger partial charge in [0.2, 0.25) is 0 Å². The molecule has 26 heavy (non-hydrogen) atoms. The second-order valence-corrected chi connectivity index (χ2v) is 8.60. The number of hydrogen-bond donors (Lipinski definition) is 1. The first-order valence-electron chi connectivity index (χ1n) is 9.52. The molecule has 2 aromatic rings. The number of β-amino-alcohol motifs (C(OH)–C–C–N with tert-alkyl or cyclic N) is 1. The number of nitrogens with zero attached hydrogens (tertiary/aromatic N) is 2. The van der Waals surface area contributed by atoms with Crippen LogP contribution >= 0.6 is 0 Å². The van der Waals surface area contributed by atoms with Crippen LogP contribution in [-0.2, 0) is 29.3 Å². The molecule has 0 amide bonds. The maximum atomic E-state index is 9.25. The zero-order valence-electron chi connectivity index (χ0n) is 16.5. The van der Waals surface area contributed by atoms with Crippen LogP contribution in [0.25, 0.3) is 10.9 Å². The highest BCUT2D eigenvalue weighted by Gasteiger charge is 2.51. The standard InChI is InChI=1S/C20H29BN2O3/c1-19(2)20(3,4)26-21(25-19)14-6-7-15-16-13-23(10-11-24)9-8-17(16)22(5)18(15)12-14/h6-7,12,24H,8-11,13H2,1-5H3. The lowest BCUT2D eigenvalue weighted by Crippen LogP contribution is -2.41. The van der Waals surface area contributed by atoms with Crippen LogP contribution < -0.4 is 5.46 Å². The SMILES string of the molecule is Cn1c2c(c3ccc(B4OC(C)(C)C(C)(C)O4)cc31)CN(CCO)CC2. The average molecular weight is 356 g/mol. The zero-order valence-corrected chi connectivity index (χ0v) is 16.5. The Morgan fingerprint density at radius 2 is 1.85 bits per heavy atom. The Kier molecular flexibility index (Phi) is 4.23. The highest BCUT2D eigenvalue weighted by molar-refractivity contribution is 6.62. The molecule has 0 saturated carbocycles. The van der Waals surface area contributed by atoms with E-state index in [1.54, 1.807) is 0 Å². The van der Waals surface area contributed by atoms with Gasteiger partial charge in [-0.25, -0.2) is 0 Å². The third-order valence-corrected chi connectivity index (χ3v) is 6.45. The van der Waals surface area contributed by atoms with E-state index in [-0.39, 0.29) is 24.9 Å². The Hall–Kier alpha value is -1.34. The summed E-state index contributed by atoms with van der Waals surface area (Å²) >= 11 is 0. The normalized spacial score (nSPS) is 22.2. The fraction of sp³-hybridized carbons (Fsp3) is 0.600. The van der Waals surface area contributed by atoms with Gasteiger partial charge in [-0.05, 0) is 44.8 Å². The number of aromatic nitrogens is 1. The first kappa shape index (κ1) is 18.0. The van der Waals surface area contributed by atoms with E-state index in [4.69, 9.17) is 9.31 Å². The highest BCUT2D eigenvalue weighted by atomic mass is 16.7. The highest BCUT2D eigenvalue weighted by Crippen LogP contribution is 2.37. The van der Waals surface area contributed by atoms with Crippen molar-refractivity contribution in [3.05, 3.63) is 29.5 Å². The van der Waals surface area contributed by atoms with Gasteiger partial charge in [-0.2, -0.15) is 0 Å². The summed E-state index contributed by atoms with van der Waals surface area (Å²) in [6, 6.07) is 6.55. The first-order valence-corrected chi connectivity index (χ1v) is 9.52. The smallest absolute Gasteiger partial charge is 0.399 e. The van der Waals surface area contributed by atoms with E-state index in [0.29, 0.717) is 0 Å². The number of rotatable bonds is 3. The van der Waals surface area contributed by atoms with Crippen molar-refractivity contribution >= 4 is 23.5 Å². The van der Waals surface area contributed by atoms with Gasteiger partial charge in [-0.3, -0.25) is 4.90 Å². The molecule has 1 fully saturated rings. The van der Waals surface area contributed by atoms with Crippen molar-refractivity contribution in [1.82, 2.24) is 9.47 Å². The minimum atomic E-state index is -0.331. The van der Waals surface area contributed by atoms with E-state index >= 15 is 0 Å². The summed E-state index contributed by atoms with van der Waals surface area (Å²) in [5.74, 6) is 0. The van der Waals surface area contributed by atoms with Gasteiger partial charge in [-0.1, -0.05) is 12.1 Å². The zero-order chi connectivity index (χ0) is 18.7. The number of fused-ring (bicyclic) bond motifs is 3. The van der Waals surface area contributed by atoms with E-state index in [2.05, 4.69) is 62.4 Å². The molecule has 6 heteroatoms. The summed E-state index contributed by atoms with van der Waals surface area (Å²) in [6.45, 7) is 11.2. The third kappa shape index (κ3) is 2.71. The molecule has 2 aliphatic rings. The molecule has 0 spiro atoms. The summed E-state index contributed by atoms with van der Waals surface area (Å²) in [5.41, 5.74) is 4.44. The van der Waals surface area contributed by atoms with Gasteiger partial charge in [0.15, 0.2) is 0 Å². The van der Waals surface area contributed by atoms with Crippen molar-refractivity contribution in [1.29, 1.82) is 0 Å². The molecule has 140 valence electrons. The Bertz CT molecular complexity index is 827. The van der Waals surface area contributed by atoms with Crippen molar-refractivity contribution in [2.45, 2.75) is 51.9 Å². The second-order valence-electron chi connectivity index (χ2n) is 8.60. The van der Waals surface area contributed by atoms with E-state index in [0.717, 1.165) is 31.5 Å². The molecule has 1 aromatic carbocycles. The van der Waals surface area contributed by atoms with Crippen molar-refractivity contribution < 1.29 is 14.4 Å². The van der Waals surface area contributed by atoms with Crippen LogP contribution in [0.3, 0.4) is 0 Å². The lowest BCUT2D eigenvalue weighted by Gasteiger charge is -2.32.